The fourth-order valence-electron chi connectivity index (χ4n) is 3.83. The van der Waals surface area contributed by atoms with Crippen LogP contribution in [-0.2, 0) is 13.0 Å². The number of para-hydroxylation sites is 2. The number of hydrogen-bond donors (Lipinski definition) is 2. The van der Waals surface area contributed by atoms with Gasteiger partial charge in [0.1, 0.15) is 5.75 Å². The van der Waals surface area contributed by atoms with Gasteiger partial charge in [0.05, 0.1) is 7.11 Å². The number of nitrogens with zero attached hydrogens (tertiary/aromatic N) is 1. The van der Waals surface area contributed by atoms with E-state index in [1.165, 1.54) is 11.1 Å². The molecule has 0 radical (unpaired) electrons. The average Bonchev–Trinajstić information content (AvgIpc) is 2.86. The van der Waals surface area contributed by atoms with Gasteiger partial charge in [0.25, 0.3) is 0 Å². The van der Waals surface area contributed by atoms with E-state index in [2.05, 4.69) is 29.2 Å². The van der Waals surface area contributed by atoms with Gasteiger partial charge >= 0.3 is 0 Å². The van der Waals surface area contributed by atoms with Crippen molar-refractivity contribution in [3.05, 3.63) is 90.0 Å². The highest BCUT2D eigenvalue weighted by Gasteiger charge is 2.16. The molecule has 5 heteroatoms. The average molecular weight is 449 g/mol. The van der Waals surface area contributed by atoms with Crippen LogP contribution < -0.4 is 15.2 Å². The SMILES string of the molecule is COc1ccccc1Oc1cccc(CN2CCC(N)CC2)c1.OCCCc1ccccc1. The number of benzene rings is 3. The Hall–Kier alpha value is -2.86. The van der Waals surface area contributed by atoms with E-state index < -0.39 is 0 Å². The maximum Gasteiger partial charge on any atom is 0.169 e. The summed E-state index contributed by atoms with van der Waals surface area (Å²) in [5.74, 6) is 2.31. The zero-order valence-electron chi connectivity index (χ0n) is 19.5. The van der Waals surface area contributed by atoms with Crippen molar-refractivity contribution < 1.29 is 14.6 Å². The fourth-order valence-corrected chi connectivity index (χ4v) is 3.83. The largest absolute Gasteiger partial charge is 0.493 e. The zero-order valence-corrected chi connectivity index (χ0v) is 19.5. The van der Waals surface area contributed by atoms with Crippen LogP contribution in [0.1, 0.15) is 30.4 Å². The molecule has 176 valence electrons. The highest BCUT2D eigenvalue weighted by atomic mass is 16.5. The minimum Gasteiger partial charge on any atom is -0.493 e. The van der Waals surface area contributed by atoms with Crippen LogP contribution in [-0.4, -0.2) is 42.9 Å². The van der Waals surface area contributed by atoms with E-state index >= 15 is 0 Å². The molecule has 0 bridgehead atoms. The maximum absolute atomic E-state index is 8.53. The summed E-state index contributed by atoms with van der Waals surface area (Å²) in [6.07, 6.45) is 4.01. The number of aliphatic hydroxyl groups excluding tert-OH is 1. The predicted molar refractivity (Wildman–Crippen MR) is 134 cm³/mol. The van der Waals surface area contributed by atoms with Crippen molar-refractivity contribution in [1.29, 1.82) is 0 Å². The molecule has 4 rings (SSSR count). The number of hydrogen-bond acceptors (Lipinski definition) is 5. The molecule has 3 aromatic carbocycles. The van der Waals surface area contributed by atoms with Crippen LogP contribution >= 0.6 is 0 Å². The Kier molecular flexibility index (Phi) is 10.2. The smallest absolute Gasteiger partial charge is 0.169 e. The second-order valence-electron chi connectivity index (χ2n) is 8.33. The molecule has 1 aliphatic heterocycles. The first-order chi connectivity index (χ1) is 16.2. The molecule has 5 nitrogen and oxygen atoms in total. The van der Waals surface area contributed by atoms with Gasteiger partial charge in [-0.2, -0.15) is 0 Å². The molecule has 0 spiro atoms. The van der Waals surface area contributed by atoms with Crippen molar-refractivity contribution >= 4 is 0 Å². The van der Waals surface area contributed by atoms with Crippen LogP contribution in [0.3, 0.4) is 0 Å². The number of rotatable bonds is 8. The van der Waals surface area contributed by atoms with E-state index in [1.54, 1.807) is 7.11 Å². The topological polar surface area (TPSA) is 68.0 Å². The number of likely N-dealkylation sites (tertiary alicyclic amines) is 1. The number of aryl methyl sites for hydroxylation is 1. The standard InChI is InChI=1S/C19H24N2O2.C9H12O/c1-22-18-7-2-3-8-19(18)23-17-6-4-5-15(13-17)14-21-11-9-16(20)10-12-21;10-8-4-7-9-5-2-1-3-6-9/h2-8,13,16H,9-12,14,20H2,1H3;1-3,5-6,10H,4,7-8H2. The predicted octanol–water partition coefficient (Wildman–Crippen LogP) is 5.02. The molecule has 0 saturated carbocycles. The van der Waals surface area contributed by atoms with Crippen LogP contribution in [0.4, 0.5) is 0 Å². The molecular weight excluding hydrogens is 412 g/mol. The molecule has 33 heavy (non-hydrogen) atoms. The van der Waals surface area contributed by atoms with Crippen molar-refractivity contribution in [2.45, 2.75) is 38.3 Å². The van der Waals surface area contributed by atoms with E-state index in [9.17, 15) is 0 Å². The normalized spacial score (nSPS) is 14.3. The van der Waals surface area contributed by atoms with Gasteiger partial charge in [0.2, 0.25) is 0 Å². The van der Waals surface area contributed by atoms with Crippen LogP contribution in [0.15, 0.2) is 78.9 Å². The lowest BCUT2D eigenvalue weighted by Gasteiger charge is -2.30. The summed E-state index contributed by atoms with van der Waals surface area (Å²) < 4.78 is 11.3. The lowest BCUT2D eigenvalue weighted by molar-refractivity contribution is 0.205. The second-order valence-corrected chi connectivity index (χ2v) is 8.33. The Morgan fingerprint density at radius 2 is 1.55 bits per heavy atom. The highest BCUT2D eigenvalue weighted by Crippen LogP contribution is 2.31. The molecule has 1 fully saturated rings. The van der Waals surface area contributed by atoms with Crippen LogP contribution in [0.5, 0.6) is 17.2 Å². The van der Waals surface area contributed by atoms with Crippen molar-refractivity contribution in [2.75, 3.05) is 26.8 Å². The summed E-state index contributed by atoms with van der Waals surface area (Å²) in [5.41, 5.74) is 8.53. The molecule has 0 aromatic heterocycles. The molecule has 0 unspecified atom stereocenters. The third-order valence-electron chi connectivity index (χ3n) is 5.70. The first-order valence-corrected chi connectivity index (χ1v) is 11.7. The Labute approximate surface area is 197 Å². The molecule has 0 atom stereocenters. The van der Waals surface area contributed by atoms with Gasteiger partial charge in [-0.25, -0.2) is 0 Å². The van der Waals surface area contributed by atoms with E-state index in [-0.39, 0.29) is 6.61 Å². The van der Waals surface area contributed by atoms with E-state index in [4.69, 9.17) is 20.3 Å². The van der Waals surface area contributed by atoms with Gasteiger partial charge < -0.3 is 20.3 Å². The summed E-state index contributed by atoms with van der Waals surface area (Å²) in [4.78, 5) is 2.45. The fraction of sp³-hybridized carbons (Fsp3) is 0.357. The van der Waals surface area contributed by atoms with Crippen LogP contribution in [0, 0.1) is 0 Å². The summed E-state index contributed by atoms with van der Waals surface area (Å²) in [6, 6.07) is 26.5. The Morgan fingerprint density at radius 1 is 0.879 bits per heavy atom. The molecule has 3 N–H and O–H groups in total. The summed E-state index contributed by atoms with van der Waals surface area (Å²) in [6.45, 7) is 3.36. The van der Waals surface area contributed by atoms with Crippen molar-refractivity contribution in [3.8, 4) is 17.2 Å². The lowest BCUT2D eigenvalue weighted by atomic mass is 10.1. The molecule has 3 aromatic rings. The lowest BCUT2D eigenvalue weighted by Crippen LogP contribution is -2.39. The van der Waals surface area contributed by atoms with Crippen molar-refractivity contribution in [2.24, 2.45) is 5.73 Å². The van der Waals surface area contributed by atoms with Crippen LogP contribution in [0.2, 0.25) is 0 Å². The van der Waals surface area contributed by atoms with Gasteiger partial charge in [-0.15, -0.1) is 0 Å². The first kappa shape index (κ1) is 24.8. The van der Waals surface area contributed by atoms with Crippen molar-refractivity contribution in [1.82, 2.24) is 4.90 Å². The molecular formula is C28H36N2O3. The summed E-state index contributed by atoms with van der Waals surface area (Å²) in [5, 5.41) is 8.53. The van der Waals surface area contributed by atoms with E-state index in [0.717, 1.165) is 62.6 Å². The summed E-state index contributed by atoms with van der Waals surface area (Å²) in [7, 11) is 1.65. The minimum atomic E-state index is 0.287. The number of nitrogens with two attached hydrogens (primary N) is 1. The number of methoxy groups -OCH3 is 1. The number of ether oxygens (including phenoxy) is 2. The van der Waals surface area contributed by atoms with Gasteiger partial charge in [-0.3, -0.25) is 4.90 Å². The Morgan fingerprint density at radius 3 is 2.24 bits per heavy atom. The van der Waals surface area contributed by atoms with Gasteiger partial charge in [-0.05, 0) is 74.2 Å². The maximum atomic E-state index is 8.53. The first-order valence-electron chi connectivity index (χ1n) is 11.7. The molecule has 1 saturated heterocycles. The monoisotopic (exact) mass is 448 g/mol. The minimum absolute atomic E-state index is 0.287. The Bertz CT molecular complexity index is 941. The Balaban J connectivity index is 0.000000257. The number of piperidine rings is 1. The highest BCUT2D eigenvalue weighted by molar-refractivity contribution is 5.43. The van der Waals surface area contributed by atoms with Gasteiger partial charge in [0.15, 0.2) is 11.5 Å². The zero-order chi connectivity index (χ0) is 23.3. The van der Waals surface area contributed by atoms with Crippen LogP contribution in [0.25, 0.3) is 0 Å². The third kappa shape index (κ3) is 8.54. The second kappa shape index (κ2) is 13.6. The third-order valence-corrected chi connectivity index (χ3v) is 5.70. The molecule has 1 aliphatic rings. The molecule has 0 amide bonds. The van der Waals surface area contributed by atoms with Gasteiger partial charge in [0, 0.05) is 19.2 Å². The quantitative estimate of drug-likeness (QED) is 0.506. The van der Waals surface area contributed by atoms with E-state index in [0.29, 0.717) is 6.04 Å². The summed E-state index contributed by atoms with van der Waals surface area (Å²) >= 11 is 0. The van der Waals surface area contributed by atoms with E-state index in [1.807, 2.05) is 54.6 Å². The number of aliphatic hydroxyl groups is 1. The van der Waals surface area contributed by atoms with Gasteiger partial charge in [-0.1, -0.05) is 54.6 Å². The molecule has 1 heterocycles. The molecule has 0 aliphatic carbocycles. The van der Waals surface area contributed by atoms with Crippen molar-refractivity contribution in [3.63, 3.8) is 0 Å².